The van der Waals surface area contributed by atoms with Crippen LogP contribution in [0, 0.1) is 5.92 Å². The molecule has 128 valence electrons. The van der Waals surface area contributed by atoms with Gasteiger partial charge in [0, 0.05) is 36.2 Å². The first-order chi connectivity index (χ1) is 11.8. The zero-order valence-electron chi connectivity index (χ0n) is 13.5. The number of furan rings is 1. The van der Waals surface area contributed by atoms with Gasteiger partial charge in [0.25, 0.3) is 0 Å². The highest BCUT2D eigenvalue weighted by Gasteiger charge is 2.42. The predicted molar refractivity (Wildman–Crippen MR) is 91.5 cm³/mol. The molecule has 0 bridgehead atoms. The molecule has 2 aliphatic rings. The number of rotatable bonds is 5. The summed E-state index contributed by atoms with van der Waals surface area (Å²) in [5.41, 5.74) is 1.15. The van der Waals surface area contributed by atoms with Crippen molar-refractivity contribution in [3.8, 4) is 0 Å². The van der Waals surface area contributed by atoms with Crippen LogP contribution in [-0.4, -0.2) is 36.1 Å². The molecular formula is C18H22N2O3S. The second kappa shape index (κ2) is 7.09. The number of likely N-dealkylation sites (tertiary alicyclic amines) is 1. The highest BCUT2D eigenvalue weighted by Crippen LogP contribution is 2.32. The maximum absolute atomic E-state index is 12.6. The summed E-state index contributed by atoms with van der Waals surface area (Å²) in [6, 6.07) is 6.47. The van der Waals surface area contributed by atoms with Crippen LogP contribution in [0.15, 0.2) is 40.5 Å². The van der Waals surface area contributed by atoms with Gasteiger partial charge in [-0.05, 0) is 30.4 Å². The number of nitrogens with zero attached hydrogens (tertiary/aromatic N) is 1. The molecule has 0 aromatic carbocycles. The van der Waals surface area contributed by atoms with Crippen molar-refractivity contribution in [1.29, 1.82) is 0 Å². The fraction of sp³-hybridized carbons (Fsp3) is 0.500. The topological polar surface area (TPSA) is 54.7 Å². The first kappa shape index (κ1) is 15.9. The van der Waals surface area contributed by atoms with Crippen LogP contribution in [0.4, 0.5) is 0 Å². The van der Waals surface area contributed by atoms with Gasteiger partial charge in [0.2, 0.25) is 5.91 Å². The Bertz CT molecular complexity index is 656. The molecule has 0 saturated carbocycles. The van der Waals surface area contributed by atoms with Crippen LogP contribution in [0.1, 0.15) is 23.3 Å². The number of carbonyl (C=O) groups is 1. The van der Waals surface area contributed by atoms with Crippen molar-refractivity contribution in [1.82, 2.24) is 10.2 Å². The number of piperidine rings is 1. The van der Waals surface area contributed by atoms with E-state index in [1.54, 1.807) is 23.9 Å². The normalized spacial score (nSPS) is 27.1. The van der Waals surface area contributed by atoms with E-state index in [2.05, 4.69) is 10.2 Å². The van der Waals surface area contributed by atoms with Gasteiger partial charge in [-0.1, -0.05) is 6.07 Å². The molecule has 0 radical (unpaired) electrons. The van der Waals surface area contributed by atoms with E-state index in [0.29, 0.717) is 12.6 Å². The van der Waals surface area contributed by atoms with Crippen LogP contribution in [0.5, 0.6) is 0 Å². The fourth-order valence-electron chi connectivity index (χ4n) is 3.77. The maximum atomic E-state index is 12.6. The molecule has 4 rings (SSSR count). The van der Waals surface area contributed by atoms with Crippen LogP contribution in [-0.2, 0) is 22.6 Å². The molecule has 3 atom stereocenters. The van der Waals surface area contributed by atoms with Gasteiger partial charge in [0.15, 0.2) is 0 Å². The Kier molecular flexibility index (Phi) is 4.69. The summed E-state index contributed by atoms with van der Waals surface area (Å²) in [7, 11) is 0. The Balaban J connectivity index is 1.40. The Hall–Kier alpha value is -1.63. The third-order valence-corrected chi connectivity index (χ3v) is 5.85. The molecular weight excluding hydrogens is 324 g/mol. The van der Waals surface area contributed by atoms with Gasteiger partial charge in [0.1, 0.15) is 0 Å². The zero-order chi connectivity index (χ0) is 16.4. The van der Waals surface area contributed by atoms with Crippen molar-refractivity contribution in [2.45, 2.75) is 38.1 Å². The second-order valence-corrected chi connectivity index (χ2v) is 7.59. The third kappa shape index (κ3) is 3.41. The number of hydrogen-bond acceptors (Lipinski definition) is 5. The summed E-state index contributed by atoms with van der Waals surface area (Å²) in [6.07, 6.45) is 5.52. The lowest BCUT2D eigenvalue weighted by molar-refractivity contribution is -0.129. The summed E-state index contributed by atoms with van der Waals surface area (Å²) in [4.78, 5) is 16.2. The van der Waals surface area contributed by atoms with E-state index in [1.807, 2.05) is 23.6 Å². The van der Waals surface area contributed by atoms with Crippen LogP contribution in [0.2, 0.25) is 0 Å². The van der Waals surface area contributed by atoms with Crippen molar-refractivity contribution in [2.75, 3.05) is 13.2 Å². The van der Waals surface area contributed by atoms with Crippen molar-refractivity contribution in [2.24, 2.45) is 5.92 Å². The maximum Gasteiger partial charge on any atom is 0.224 e. The molecule has 1 N–H and O–H groups in total. The first-order valence-corrected chi connectivity index (χ1v) is 9.34. The van der Waals surface area contributed by atoms with E-state index >= 15 is 0 Å². The molecule has 2 saturated heterocycles. The summed E-state index contributed by atoms with van der Waals surface area (Å²) in [5.74, 6) is 0.116. The first-order valence-electron chi connectivity index (χ1n) is 8.46. The second-order valence-electron chi connectivity index (χ2n) is 6.56. The minimum Gasteiger partial charge on any atom is -0.472 e. The standard InChI is InChI=1S/C18H22N2O3S/c21-18(19-9-15-2-1-7-24-15)14-8-17-16(4-6-23-17)20(11-14)10-13-3-5-22-12-13/h1-3,5,7,12,14,16-17H,4,6,8-11H2,(H,19,21)/t14-,16-,17-/m0/s1. The largest absolute Gasteiger partial charge is 0.472 e. The average molecular weight is 346 g/mol. The lowest BCUT2D eigenvalue weighted by atomic mass is 9.89. The van der Waals surface area contributed by atoms with Crippen molar-refractivity contribution in [3.05, 3.63) is 46.5 Å². The number of hydrogen-bond donors (Lipinski definition) is 1. The quantitative estimate of drug-likeness (QED) is 0.904. The molecule has 2 aromatic rings. The molecule has 2 aromatic heterocycles. The van der Waals surface area contributed by atoms with E-state index in [0.717, 1.165) is 38.1 Å². The minimum atomic E-state index is -0.0174. The smallest absolute Gasteiger partial charge is 0.224 e. The van der Waals surface area contributed by atoms with Crippen LogP contribution in [0.3, 0.4) is 0 Å². The van der Waals surface area contributed by atoms with Crippen molar-refractivity contribution >= 4 is 17.2 Å². The Morgan fingerprint density at radius 1 is 1.42 bits per heavy atom. The molecule has 1 amide bonds. The van der Waals surface area contributed by atoms with Gasteiger partial charge in [-0.25, -0.2) is 0 Å². The van der Waals surface area contributed by atoms with Gasteiger partial charge >= 0.3 is 0 Å². The molecule has 6 heteroatoms. The molecule has 5 nitrogen and oxygen atoms in total. The predicted octanol–water partition coefficient (Wildman–Crippen LogP) is 2.64. The highest BCUT2D eigenvalue weighted by molar-refractivity contribution is 7.09. The summed E-state index contributed by atoms with van der Waals surface area (Å²) < 4.78 is 11.1. The third-order valence-electron chi connectivity index (χ3n) is 4.97. The highest BCUT2D eigenvalue weighted by atomic mass is 32.1. The van der Waals surface area contributed by atoms with Crippen molar-refractivity contribution in [3.63, 3.8) is 0 Å². The van der Waals surface area contributed by atoms with E-state index < -0.39 is 0 Å². The molecule has 0 spiro atoms. The molecule has 0 unspecified atom stereocenters. The van der Waals surface area contributed by atoms with Crippen LogP contribution >= 0.6 is 11.3 Å². The molecule has 4 heterocycles. The van der Waals surface area contributed by atoms with Crippen LogP contribution in [0.25, 0.3) is 0 Å². The zero-order valence-corrected chi connectivity index (χ0v) is 14.3. The lowest BCUT2D eigenvalue weighted by Crippen LogP contribution is -2.52. The van der Waals surface area contributed by atoms with Crippen molar-refractivity contribution < 1.29 is 13.9 Å². The average Bonchev–Trinajstić information content (AvgIpc) is 3.33. The number of carbonyl (C=O) groups excluding carboxylic acids is 1. The summed E-state index contributed by atoms with van der Waals surface area (Å²) in [6.45, 7) is 3.01. The van der Waals surface area contributed by atoms with Crippen LogP contribution < -0.4 is 5.32 Å². The number of fused-ring (bicyclic) bond motifs is 1. The van der Waals surface area contributed by atoms with Gasteiger partial charge in [-0.2, -0.15) is 0 Å². The monoisotopic (exact) mass is 346 g/mol. The summed E-state index contributed by atoms with van der Waals surface area (Å²) in [5, 5.41) is 5.12. The SMILES string of the molecule is O=C(NCc1cccs1)[C@H]1C[C@@H]2OCC[C@@H]2N(Cc2ccoc2)C1. The number of nitrogens with one attached hydrogen (secondary N) is 1. The lowest BCUT2D eigenvalue weighted by Gasteiger charge is -2.40. The Morgan fingerprint density at radius 2 is 2.38 bits per heavy atom. The van der Waals surface area contributed by atoms with Gasteiger partial charge in [0.05, 0.1) is 31.1 Å². The molecule has 2 aliphatic heterocycles. The van der Waals surface area contributed by atoms with E-state index in [9.17, 15) is 4.79 Å². The van der Waals surface area contributed by atoms with E-state index in [4.69, 9.17) is 9.15 Å². The molecule has 2 fully saturated rings. The number of ether oxygens (including phenoxy) is 1. The van der Waals surface area contributed by atoms with E-state index in [-0.39, 0.29) is 17.9 Å². The Labute approximate surface area is 145 Å². The Morgan fingerprint density at radius 3 is 3.17 bits per heavy atom. The van der Waals surface area contributed by atoms with Gasteiger partial charge in [-0.3, -0.25) is 9.69 Å². The minimum absolute atomic E-state index is 0.0174. The number of thiophene rings is 1. The molecule has 0 aliphatic carbocycles. The number of amides is 1. The van der Waals surface area contributed by atoms with Gasteiger partial charge in [-0.15, -0.1) is 11.3 Å². The fourth-order valence-corrected chi connectivity index (χ4v) is 4.42. The van der Waals surface area contributed by atoms with E-state index in [1.165, 1.54) is 4.88 Å². The molecule has 24 heavy (non-hydrogen) atoms. The summed E-state index contributed by atoms with van der Waals surface area (Å²) >= 11 is 1.67. The van der Waals surface area contributed by atoms with Gasteiger partial charge < -0.3 is 14.5 Å².